The maximum absolute atomic E-state index is 12.9. The molecule has 0 bridgehead atoms. The second-order valence-corrected chi connectivity index (χ2v) is 20.2. The van der Waals surface area contributed by atoms with Crippen LogP contribution in [-0.4, -0.2) is 37.2 Å². The van der Waals surface area contributed by atoms with E-state index in [4.69, 9.17) is 14.2 Å². The monoisotopic (exact) mass is 1040 g/mol. The number of rotatable bonds is 55. The van der Waals surface area contributed by atoms with Crippen molar-refractivity contribution in [3.05, 3.63) is 122 Å². The highest BCUT2D eigenvalue weighted by Gasteiger charge is 2.19. The summed E-state index contributed by atoms with van der Waals surface area (Å²) in [7, 11) is 0. The minimum atomic E-state index is -0.814. The molecule has 0 aliphatic heterocycles. The normalized spacial score (nSPS) is 12.9. The smallest absolute Gasteiger partial charge is 0.306 e. The Labute approximate surface area is 462 Å². The molecule has 0 aromatic rings. The van der Waals surface area contributed by atoms with Gasteiger partial charge in [0.15, 0.2) is 6.10 Å². The van der Waals surface area contributed by atoms with E-state index < -0.39 is 6.10 Å². The molecule has 1 unspecified atom stereocenters. The lowest BCUT2D eigenvalue weighted by molar-refractivity contribution is -0.167. The summed E-state index contributed by atoms with van der Waals surface area (Å²) in [6.07, 6.45) is 86.4. The van der Waals surface area contributed by atoms with Gasteiger partial charge in [-0.1, -0.05) is 258 Å². The molecule has 0 amide bonds. The number of carbonyl (C=O) groups is 3. The van der Waals surface area contributed by atoms with Crippen molar-refractivity contribution >= 4 is 17.9 Å². The molecule has 0 aliphatic carbocycles. The van der Waals surface area contributed by atoms with Crippen LogP contribution in [0.3, 0.4) is 0 Å². The molecule has 0 N–H and O–H groups in total. The average Bonchev–Trinajstić information content (AvgIpc) is 3.41. The predicted octanol–water partition coefficient (Wildman–Crippen LogP) is 21.2. The molecular formula is C69H114O6. The maximum Gasteiger partial charge on any atom is 0.306 e. The van der Waals surface area contributed by atoms with Gasteiger partial charge in [0.2, 0.25) is 0 Å². The van der Waals surface area contributed by atoms with Crippen molar-refractivity contribution < 1.29 is 28.6 Å². The van der Waals surface area contributed by atoms with Gasteiger partial charge in [-0.05, 0) is 122 Å². The Morgan fingerprint density at radius 2 is 0.533 bits per heavy atom. The lowest BCUT2D eigenvalue weighted by Gasteiger charge is -2.18. The van der Waals surface area contributed by atoms with E-state index in [9.17, 15) is 14.4 Å². The molecule has 0 aromatic heterocycles. The van der Waals surface area contributed by atoms with E-state index in [0.29, 0.717) is 19.3 Å². The Morgan fingerprint density at radius 3 is 0.867 bits per heavy atom. The van der Waals surface area contributed by atoms with Crippen LogP contribution < -0.4 is 0 Å². The molecule has 6 heteroatoms. The van der Waals surface area contributed by atoms with Crippen molar-refractivity contribution in [2.24, 2.45) is 0 Å². The number of hydrogen-bond donors (Lipinski definition) is 0. The first-order chi connectivity index (χ1) is 37.0. The average molecular weight is 1040 g/mol. The number of esters is 3. The number of carbonyl (C=O) groups excluding carboxylic acids is 3. The third-order valence-corrected chi connectivity index (χ3v) is 12.9. The van der Waals surface area contributed by atoms with Crippen LogP contribution in [0.2, 0.25) is 0 Å². The summed E-state index contributed by atoms with van der Waals surface area (Å²) in [6.45, 7) is 6.35. The van der Waals surface area contributed by atoms with Crippen LogP contribution in [0.25, 0.3) is 0 Å². The minimum absolute atomic E-state index is 0.105. The molecule has 0 spiro atoms. The standard InChI is InChI=1S/C69H114O6/c1-4-7-10-13-16-19-22-25-27-29-30-31-32-33-34-35-36-37-38-40-41-44-47-50-53-56-59-62-68(71)74-65-66(64-73-67(70)61-58-55-52-49-46-43-24-21-18-15-12-9-6-3)75-69(72)63-60-57-54-51-48-45-42-39-28-26-23-20-17-14-11-8-5-2/h7-8,10-11,16-17,19-21,24-28,30-31,42,45,51,54,66H,4-6,9,12-15,18,22-23,29,32-41,43-44,46-50,52-53,55-65H2,1-3H3/b10-7-,11-8-,19-16-,20-17-,24-21-,27-25-,28-26-,31-30-,45-42-,54-51-. The zero-order chi connectivity index (χ0) is 54.3. The summed E-state index contributed by atoms with van der Waals surface area (Å²) in [5, 5.41) is 0. The van der Waals surface area contributed by atoms with Gasteiger partial charge in [-0.3, -0.25) is 14.4 Å². The summed E-state index contributed by atoms with van der Waals surface area (Å²) < 4.78 is 16.8. The van der Waals surface area contributed by atoms with Gasteiger partial charge >= 0.3 is 17.9 Å². The summed E-state index contributed by atoms with van der Waals surface area (Å²) in [6, 6.07) is 0. The van der Waals surface area contributed by atoms with Crippen molar-refractivity contribution in [3.63, 3.8) is 0 Å². The minimum Gasteiger partial charge on any atom is -0.462 e. The maximum atomic E-state index is 12.9. The van der Waals surface area contributed by atoms with E-state index in [2.05, 4.69) is 142 Å². The van der Waals surface area contributed by atoms with Gasteiger partial charge in [-0.2, -0.15) is 0 Å². The van der Waals surface area contributed by atoms with Crippen LogP contribution in [0.5, 0.6) is 0 Å². The molecule has 0 saturated carbocycles. The van der Waals surface area contributed by atoms with Crippen LogP contribution in [-0.2, 0) is 28.6 Å². The predicted molar refractivity (Wildman–Crippen MR) is 325 cm³/mol. The molecule has 426 valence electrons. The molecule has 75 heavy (non-hydrogen) atoms. The molecule has 0 aromatic carbocycles. The molecule has 1 atom stereocenters. The molecule has 0 radical (unpaired) electrons. The Balaban J connectivity index is 4.35. The summed E-state index contributed by atoms with van der Waals surface area (Å²) in [5.41, 5.74) is 0. The third kappa shape index (κ3) is 60.6. The second kappa shape index (κ2) is 62.4. The second-order valence-electron chi connectivity index (χ2n) is 20.2. The Morgan fingerprint density at radius 1 is 0.280 bits per heavy atom. The molecule has 0 fully saturated rings. The van der Waals surface area contributed by atoms with Crippen molar-refractivity contribution in [3.8, 4) is 0 Å². The number of allylic oxidation sites excluding steroid dienone is 20. The molecule has 0 aliphatic rings. The molecular weight excluding hydrogens is 925 g/mol. The fourth-order valence-corrected chi connectivity index (χ4v) is 8.35. The van der Waals surface area contributed by atoms with Crippen molar-refractivity contribution in [1.29, 1.82) is 0 Å². The summed E-state index contributed by atoms with van der Waals surface area (Å²) >= 11 is 0. The van der Waals surface area contributed by atoms with Crippen LogP contribution in [0.1, 0.15) is 278 Å². The van der Waals surface area contributed by atoms with Gasteiger partial charge in [0, 0.05) is 19.3 Å². The molecule has 6 nitrogen and oxygen atoms in total. The van der Waals surface area contributed by atoms with Gasteiger partial charge < -0.3 is 14.2 Å². The van der Waals surface area contributed by atoms with E-state index in [1.54, 1.807) is 0 Å². The number of ether oxygens (including phenoxy) is 3. The van der Waals surface area contributed by atoms with Crippen LogP contribution >= 0.6 is 0 Å². The highest BCUT2D eigenvalue weighted by molar-refractivity contribution is 5.71. The van der Waals surface area contributed by atoms with E-state index >= 15 is 0 Å². The van der Waals surface area contributed by atoms with Crippen LogP contribution in [0.15, 0.2) is 122 Å². The van der Waals surface area contributed by atoms with Gasteiger partial charge in [-0.25, -0.2) is 0 Å². The number of unbranched alkanes of at least 4 members (excludes halogenated alkanes) is 24. The molecule has 0 saturated heterocycles. The lowest BCUT2D eigenvalue weighted by atomic mass is 10.0. The van der Waals surface area contributed by atoms with Crippen molar-refractivity contribution in [2.45, 2.75) is 284 Å². The topological polar surface area (TPSA) is 78.9 Å². The first kappa shape index (κ1) is 70.8. The highest BCUT2D eigenvalue weighted by atomic mass is 16.6. The van der Waals surface area contributed by atoms with Crippen LogP contribution in [0.4, 0.5) is 0 Å². The third-order valence-electron chi connectivity index (χ3n) is 12.9. The first-order valence-electron chi connectivity index (χ1n) is 31.0. The van der Waals surface area contributed by atoms with Crippen molar-refractivity contribution in [1.82, 2.24) is 0 Å². The molecule has 0 heterocycles. The SMILES string of the molecule is CC/C=C\C/C=C\C/C=C\C/C=C\C/C=C\CCCC(=O)OC(COC(=O)CCCCCCC/C=C\CCCCCC)COC(=O)CCCCCCCCCCCCCCCC/C=C\C/C=C\C/C=C\C/C=C\CC. The summed E-state index contributed by atoms with van der Waals surface area (Å²) in [5.74, 6) is -0.971. The van der Waals surface area contributed by atoms with E-state index in [1.807, 2.05) is 0 Å². The fourth-order valence-electron chi connectivity index (χ4n) is 8.35. The molecule has 0 rings (SSSR count). The van der Waals surface area contributed by atoms with E-state index in [-0.39, 0.29) is 37.5 Å². The zero-order valence-electron chi connectivity index (χ0n) is 48.8. The van der Waals surface area contributed by atoms with E-state index in [1.165, 1.54) is 116 Å². The Kier molecular flexibility index (Phi) is 58.9. The fraction of sp³-hybridized carbons (Fsp3) is 0.667. The van der Waals surface area contributed by atoms with Gasteiger partial charge in [0.25, 0.3) is 0 Å². The summed E-state index contributed by atoms with van der Waals surface area (Å²) in [4.78, 5) is 38.2. The van der Waals surface area contributed by atoms with E-state index in [0.717, 1.165) is 116 Å². The first-order valence-corrected chi connectivity index (χ1v) is 31.0. The van der Waals surface area contributed by atoms with Crippen molar-refractivity contribution in [2.75, 3.05) is 13.2 Å². The Bertz CT molecular complexity index is 1570. The Hall–Kier alpha value is -4.19. The zero-order valence-corrected chi connectivity index (χ0v) is 48.8. The number of hydrogen-bond acceptors (Lipinski definition) is 6. The lowest BCUT2D eigenvalue weighted by Crippen LogP contribution is -2.30. The quantitative estimate of drug-likeness (QED) is 0.0261. The van der Waals surface area contributed by atoms with Gasteiger partial charge in [-0.15, -0.1) is 0 Å². The van der Waals surface area contributed by atoms with Gasteiger partial charge in [0.05, 0.1) is 0 Å². The largest absolute Gasteiger partial charge is 0.462 e. The highest BCUT2D eigenvalue weighted by Crippen LogP contribution is 2.15. The van der Waals surface area contributed by atoms with Gasteiger partial charge in [0.1, 0.15) is 13.2 Å². The van der Waals surface area contributed by atoms with Crippen LogP contribution in [0, 0.1) is 0 Å².